The summed E-state index contributed by atoms with van der Waals surface area (Å²) >= 11 is 0. The summed E-state index contributed by atoms with van der Waals surface area (Å²) in [4.78, 5) is 23.4. The zero-order valence-electron chi connectivity index (χ0n) is 10.4. The van der Waals surface area contributed by atoms with Gasteiger partial charge in [-0.1, -0.05) is 18.2 Å². The summed E-state index contributed by atoms with van der Waals surface area (Å²) in [7, 11) is 0. The number of fused-ring (bicyclic) bond motifs is 1. The van der Waals surface area contributed by atoms with Crippen molar-refractivity contribution in [2.45, 2.75) is 6.54 Å². The summed E-state index contributed by atoms with van der Waals surface area (Å²) in [6.07, 6.45) is 3.10. The van der Waals surface area contributed by atoms with E-state index in [2.05, 4.69) is 0 Å². The number of nitrogens with zero attached hydrogens (tertiary/aromatic N) is 1. The lowest BCUT2D eigenvalue weighted by Gasteiger charge is -2.10. The van der Waals surface area contributed by atoms with E-state index in [9.17, 15) is 14.7 Å². The average molecular weight is 269 g/mol. The molecular weight excluding hydrogens is 258 g/mol. The van der Waals surface area contributed by atoms with Gasteiger partial charge >= 0.3 is 5.97 Å². The minimum Gasteiger partial charge on any atom is -0.478 e. The van der Waals surface area contributed by atoms with Gasteiger partial charge in [-0.2, -0.15) is 0 Å². The first-order valence-electron chi connectivity index (χ1n) is 6.04. The van der Waals surface area contributed by atoms with Crippen molar-refractivity contribution in [1.82, 2.24) is 4.57 Å². The van der Waals surface area contributed by atoms with Crippen LogP contribution in [-0.2, 0) is 6.54 Å². The van der Waals surface area contributed by atoms with Crippen LogP contribution in [0.25, 0.3) is 10.9 Å². The van der Waals surface area contributed by atoms with Crippen molar-refractivity contribution in [3.05, 3.63) is 70.4 Å². The molecule has 100 valence electrons. The minimum atomic E-state index is -1.10. The van der Waals surface area contributed by atoms with E-state index in [1.165, 1.54) is 10.8 Å². The Hall–Kier alpha value is -2.82. The highest BCUT2D eigenvalue weighted by atomic mass is 16.4. The molecule has 1 aromatic carbocycles. The second-order valence-corrected chi connectivity index (χ2v) is 4.44. The van der Waals surface area contributed by atoms with Crippen molar-refractivity contribution in [2.24, 2.45) is 0 Å². The van der Waals surface area contributed by atoms with E-state index >= 15 is 0 Å². The molecule has 0 aliphatic heterocycles. The molecule has 0 saturated carbocycles. The molecule has 0 saturated heterocycles. The van der Waals surface area contributed by atoms with Gasteiger partial charge in [-0.15, -0.1) is 0 Å². The summed E-state index contributed by atoms with van der Waals surface area (Å²) in [5.41, 5.74) is 1.12. The number of benzene rings is 1. The highest BCUT2D eigenvalue weighted by molar-refractivity contribution is 6.02. The zero-order valence-corrected chi connectivity index (χ0v) is 10.4. The van der Waals surface area contributed by atoms with Crippen molar-refractivity contribution < 1.29 is 14.3 Å². The van der Waals surface area contributed by atoms with Crippen LogP contribution in [0.15, 0.2) is 58.1 Å². The molecule has 0 unspecified atom stereocenters. The van der Waals surface area contributed by atoms with Crippen LogP contribution in [0.1, 0.15) is 15.9 Å². The Balaban J connectivity index is 2.27. The fourth-order valence-electron chi connectivity index (χ4n) is 2.24. The molecule has 0 amide bonds. The Bertz CT molecular complexity index is 831. The normalized spacial score (nSPS) is 10.8. The van der Waals surface area contributed by atoms with Crippen LogP contribution < -0.4 is 5.56 Å². The number of carboxylic acids is 1. The Labute approximate surface area is 113 Å². The lowest BCUT2D eigenvalue weighted by atomic mass is 10.1. The van der Waals surface area contributed by atoms with Crippen molar-refractivity contribution in [2.75, 3.05) is 0 Å². The molecule has 0 atom stereocenters. The highest BCUT2D eigenvalue weighted by Gasteiger charge is 2.13. The number of carboxylic acid groups (broad SMARTS) is 1. The molecular formula is C15H11NO4. The molecule has 20 heavy (non-hydrogen) atoms. The van der Waals surface area contributed by atoms with Gasteiger partial charge in [0, 0.05) is 17.0 Å². The van der Waals surface area contributed by atoms with Crippen LogP contribution >= 0.6 is 0 Å². The number of hydrogen-bond acceptors (Lipinski definition) is 3. The number of furan rings is 1. The fourth-order valence-corrected chi connectivity index (χ4v) is 2.24. The summed E-state index contributed by atoms with van der Waals surface area (Å²) in [6.45, 7) is 0.343. The second kappa shape index (κ2) is 4.70. The van der Waals surface area contributed by atoms with Gasteiger partial charge in [0.2, 0.25) is 0 Å². The molecule has 5 heteroatoms. The van der Waals surface area contributed by atoms with Crippen molar-refractivity contribution in [3.8, 4) is 0 Å². The molecule has 1 N–H and O–H groups in total. The van der Waals surface area contributed by atoms with Crippen molar-refractivity contribution in [1.29, 1.82) is 0 Å². The molecule has 2 aromatic heterocycles. The molecule has 0 radical (unpaired) electrons. The van der Waals surface area contributed by atoms with Crippen LogP contribution in [0.2, 0.25) is 0 Å². The summed E-state index contributed by atoms with van der Waals surface area (Å²) in [5.74, 6) is -1.10. The predicted octanol–water partition coefficient (Wildman–Crippen LogP) is 2.34. The van der Waals surface area contributed by atoms with Gasteiger partial charge in [0.05, 0.1) is 30.2 Å². The number of aromatic nitrogens is 1. The van der Waals surface area contributed by atoms with E-state index in [-0.39, 0.29) is 11.1 Å². The lowest BCUT2D eigenvalue weighted by Crippen LogP contribution is -2.22. The smallest absolute Gasteiger partial charge is 0.336 e. The quantitative estimate of drug-likeness (QED) is 0.792. The van der Waals surface area contributed by atoms with Crippen LogP contribution in [0.5, 0.6) is 0 Å². The average Bonchev–Trinajstić information content (AvgIpc) is 2.94. The third-order valence-corrected chi connectivity index (χ3v) is 3.17. The number of aromatic carboxylic acids is 1. The molecule has 2 heterocycles. The van der Waals surface area contributed by atoms with Gasteiger partial charge in [-0.3, -0.25) is 4.79 Å². The van der Waals surface area contributed by atoms with Gasteiger partial charge < -0.3 is 14.1 Å². The monoisotopic (exact) mass is 269 g/mol. The maximum atomic E-state index is 12.2. The van der Waals surface area contributed by atoms with Crippen LogP contribution in [-0.4, -0.2) is 15.6 Å². The van der Waals surface area contributed by atoms with E-state index in [1.807, 2.05) is 0 Å². The largest absolute Gasteiger partial charge is 0.478 e. The molecule has 3 rings (SSSR count). The van der Waals surface area contributed by atoms with Crippen molar-refractivity contribution >= 4 is 16.9 Å². The van der Waals surface area contributed by atoms with Gasteiger partial charge in [-0.05, 0) is 12.1 Å². The number of pyridine rings is 1. The van der Waals surface area contributed by atoms with Crippen molar-refractivity contribution in [3.63, 3.8) is 0 Å². The summed E-state index contributed by atoms with van der Waals surface area (Å²) in [5, 5.41) is 9.74. The van der Waals surface area contributed by atoms with Gasteiger partial charge in [-0.25, -0.2) is 4.79 Å². The fraction of sp³-hybridized carbons (Fsp3) is 0.0667. The third-order valence-electron chi connectivity index (χ3n) is 3.17. The SMILES string of the molecule is O=C(O)c1cc(=O)n(Cc2ccoc2)c2ccccc12. The van der Waals surface area contributed by atoms with Gasteiger partial charge in [0.25, 0.3) is 5.56 Å². The molecule has 0 fully saturated rings. The Kier molecular flexibility index (Phi) is 2.87. The zero-order chi connectivity index (χ0) is 14.1. The first-order valence-corrected chi connectivity index (χ1v) is 6.04. The number of hydrogen-bond donors (Lipinski definition) is 1. The molecule has 5 nitrogen and oxygen atoms in total. The Morgan fingerprint density at radius 3 is 2.75 bits per heavy atom. The first-order chi connectivity index (χ1) is 9.66. The van der Waals surface area contributed by atoms with Crippen LogP contribution in [0.3, 0.4) is 0 Å². The minimum absolute atomic E-state index is 0.0223. The van der Waals surface area contributed by atoms with Crippen LogP contribution in [0.4, 0.5) is 0 Å². The lowest BCUT2D eigenvalue weighted by molar-refractivity contribution is 0.0698. The van der Waals surface area contributed by atoms with E-state index in [1.54, 1.807) is 36.6 Å². The summed E-state index contributed by atoms with van der Waals surface area (Å²) < 4.78 is 6.53. The van der Waals surface area contributed by atoms with Gasteiger partial charge in [0.1, 0.15) is 0 Å². The molecule has 3 aromatic rings. The van der Waals surface area contributed by atoms with E-state index < -0.39 is 5.97 Å². The number of carbonyl (C=O) groups is 1. The molecule has 0 aliphatic rings. The Morgan fingerprint density at radius 2 is 2.05 bits per heavy atom. The number of para-hydroxylation sites is 1. The topological polar surface area (TPSA) is 72.4 Å². The molecule has 0 aliphatic carbocycles. The summed E-state index contributed by atoms with van der Waals surface area (Å²) in [6, 6.07) is 9.89. The molecule has 0 spiro atoms. The third kappa shape index (κ3) is 1.99. The van der Waals surface area contributed by atoms with E-state index in [4.69, 9.17) is 4.42 Å². The van der Waals surface area contributed by atoms with Gasteiger partial charge in [0.15, 0.2) is 0 Å². The second-order valence-electron chi connectivity index (χ2n) is 4.44. The Morgan fingerprint density at radius 1 is 1.25 bits per heavy atom. The van der Waals surface area contributed by atoms with Crippen LogP contribution in [0, 0.1) is 0 Å². The maximum Gasteiger partial charge on any atom is 0.336 e. The standard InChI is InChI=1S/C15H11NO4/c17-14-7-12(15(18)19)11-3-1-2-4-13(11)16(14)8-10-5-6-20-9-10/h1-7,9H,8H2,(H,18,19). The van der Waals surface area contributed by atoms with E-state index in [0.717, 1.165) is 11.6 Å². The maximum absolute atomic E-state index is 12.2. The first kappa shape index (κ1) is 12.2. The predicted molar refractivity (Wildman–Crippen MR) is 73.0 cm³/mol. The van der Waals surface area contributed by atoms with E-state index in [0.29, 0.717) is 17.4 Å². The molecule has 0 bridgehead atoms. The highest BCUT2D eigenvalue weighted by Crippen LogP contribution is 2.18. The number of rotatable bonds is 3.